The maximum atomic E-state index is 10.9. The number of aromatic nitrogens is 1. The highest BCUT2D eigenvalue weighted by molar-refractivity contribution is 9.10. The van der Waals surface area contributed by atoms with Crippen LogP contribution in [0.5, 0.6) is 11.6 Å². The van der Waals surface area contributed by atoms with Gasteiger partial charge >= 0.3 is 0 Å². The summed E-state index contributed by atoms with van der Waals surface area (Å²) in [4.78, 5) is 14.9. The van der Waals surface area contributed by atoms with E-state index in [2.05, 4.69) is 20.9 Å². The van der Waals surface area contributed by atoms with Crippen molar-refractivity contribution < 1.29 is 9.53 Å². The third-order valence-corrected chi connectivity index (χ3v) is 2.90. The van der Waals surface area contributed by atoms with E-state index in [4.69, 9.17) is 22.1 Å². The molecule has 6 heteroatoms. The Labute approximate surface area is 117 Å². The van der Waals surface area contributed by atoms with E-state index in [1.807, 2.05) is 0 Å². The summed E-state index contributed by atoms with van der Waals surface area (Å²) in [6.07, 6.45) is 1.49. The summed E-state index contributed by atoms with van der Waals surface area (Å²) >= 11 is 9.07. The summed E-state index contributed by atoms with van der Waals surface area (Å²) in [6, 6.07) is 8.14. The Morgan fingerprint density at radius 3 is 2.56 bits per heavy atom. The minimum absolute atomic E-state index is 0.395. The molecule has 1 aromatic carbocycles. The van der Waals surface area contributed by atoms with Crippen LogP contribution in [0.15, 0.2) is 41.0 Å². The topological polar surface area (TPSA) is 65.2 Å². The number of carbonyl (C=O) groups excluding carboxylic acids is 1. The number of nitrogens with zero attached hydrogens (tertiary/aromatic N) is 1. The van der Waals surface area contributed by atoms with E-state index in [-0.39, 0.29) is 0 Å². The first kappa shape index (κ1) is 12.9. The first-order valence-corrected chi connectivity index (χ1v) is 6.12. The van der Waals surface area contributed by atoms with Crippen molar-refractivity contribution in [2.45, 2.75) is 0 Å². The number of ether oxygens (including phenoxy) is 1. The zero-order valence-electron chi connectivity index (χ0n) is 9.06. The molecule has 1 amide bonds. The molecule has 0 fully saturated rings. The summed E-state index contributed by atoms with van der Waals surface area (Å²) in [5, 5.41) is 0.512. The third-order valence-electron chi connectivity index (χ3n) is 2.13. The van der Waals surface area contributed by atoms with Crippen LogP contribution in [0.25, 0.3) is 0 Å². The quantitative estimate of drug-likeness (QED) is 0.939. The predicted octanol–water partition coefficient (Wildman–Crippen LogP) is 3.39. The van der Waals surface area contributed by atoms with Crippen LogP contribution in [0.2, 0.25) is 5.02 Å². The van der Waals surface area contributed by atoms with Crippen LogP contribution in [0.4, 0.5) is 0 Å². The fourth-order valence-electron chi connectivity index (χ4n) is 1.28. The molecule has 0 aliphatic carbocycles. The minimum atomic E-state index is -0.479. The lowest BCUT2D eigenvalue weighted by Gasteiger charge is -2.06. The van der Waals surface area contributed by atoms with Crippen LogP contribution in [-0.2, 0) is 0 Å². The van der Waals surface area contributed by atoms with Crippen molar-refractivity contribution >= 4 is 33.4 Å². The van der Waals surface area contributed by atoms with Crippen LogP contribution < -0.4 is 10.5 Å². The van der Waals surface area contributed by atoms with Gasteiger partial charge in [0.2, 0.25) is 11.8 Å². The molecular formula is C12H8BrClN2O2. The molecule has 0 atom stereocenters. The monoisotopic (exact) mass is 326 g/mol. The van der Waals surface area contributed by atoms with Gasteiger partial charge in [0.15, 0.2) is 0 Å². The molecule has 0 bridgehead atoms. The van der Waals surface area contributed by atoms with E-state index in [1.54, 1.807) is 30.3 Å². The first-order valence-electron chi connectivity index (χ1n) is 4.95. The number of primary amides is 1. The zero-order chi connectivity index (χ0) is 13.1. The molecular weight excluding hydrogens is 320 g/mol. The molecule has 0 radical (unpaired) electrons. The van der Waals surface area contributed by atoms with Crippen LogP contribution in [0.1, 0.15) is 10.4 Å². The Hall–Kier alpha value is -1.59. The summed E-state index contributed by atoms with van der Waals surface area (Å²) in [5.41, 5.74) is 5.56. The molecule has 0 saturated heterocycles. The number of amides is 1. The minimum Gasteiger partial charge on any atom is -0.438 e. The molecule has 0 saturated carbocycles. The van der Waals surface area contributed by atoms with Crippen molar-refractivity contribution in [2.75, 3.05) is 0 Å². The van der Waals surface area contributed by atoms with Crippen molar-refractivity contribution in [3.63, 3.8) is 0 Å². The molecule has 1 heterocycles. The number of rotatable bonds is 3. The third kappa shape index (κ3) is 3.00. The molecule has 18 heavy (non-hydrogen) atoms. The van der Waals surface area contributed by atoms with E-state index in [1.165, 1.54) is 6.20 Å². The average Bonchev–Trinajstić information content (AvgIpc) is 2.33. The highest BCUT2D eigenvalue weighted by atomic mass is 79.9. The van der Waals surface area contributed by atoms with Crippen molar-refractivity contribution in [3.8, 4) is 11.6 Å². The van der Waals surface area contributed by atoms with E-state index in [0.29, 0.717) is 26.7 Å². The number of hydrogen-bond donors (Lipinski definition) is 1. The van der Waals surface area contributed by atoms with E-state index in [0.717, 1.165) is 0 Å². The number of nitrogens with two attached hydrogens (primary N) is 1. The van der Waals surface area contributed by atoms with Crippen LogP contribution in [0, 0.1) is 0 Å². The van der Waals surface area contributed by atoms with Gasteiger partial charge in [-0.15, -0.1) is 0 Å². The van der Waals surface area contributed by atoms with Gasteiger partial charge in [0.05, 0.1) is 9.50 Å². The standard InChI is InChI=1S/C12H8BrClN2O2/c13-10-5-8(14)6-16-12(10)18-9-3-1-7(2-4-9)11(15)17/h1-6H,(H2,15,17). The molecule has 0 unspecified atom stereocenters. The normalized spacial score (nSPS) is 10.1. The van der Waals surface area contributed by atoms with Crippen molar-refractivity contribution in [2.24, 2.45) is 5.73 Å². The average molecular weight is 328 g/mol. The van der Waals surface area contributed by atoms with Gasteiger partial charge in [-0.1, -0.05) is 11.6 Å². The van der Waals surface area contributed by atoms with Crippen LogP contribution in [-0.4, -0.2) is 10.9 Å². The van der Waals surface area contributed by atoms with E-state index < -0.39 is 5.91 Å². The van der Waals surface area contributed by atoms with Crippen molar-refractivity contribution in [1.82, 2.24) is 4.98 Å². The fraction of sp³-hybridized carbons (Fsp3) is 0. The van der Waals surface area contributed by atoms with Gasteiger partial charge in [-0.3, -0.25) is 4.79 Å². The molecule has 0 aliphatic heterocycles. The fourth-order valence-corrected chi connectivity index (χ4v) is 2.00. The van der Waals surface area contributed by atoms with Gasteiger partial charge in [-0.2, -0.15) is 0 Å². The largest absolute Gasteiger partial charge is 0.438 e. The Bertz CT molecular complexity index is 587. The Balaban J connectivity index is 2.21. The highest BCUT2D eigenvalue weighted by Gasteiger charge is 2.06. The molecule has 4 nitrogen and oxygen atoms in total. The maximum Gasteiger partial charge on any atom is 0.248 e. The SMILES string of the molecule is NC(=O)c1ccc(Oc2ncc(Cl)cc2Br)cc1. The van der Waals surface area contributed by atoms with Crippen LogP contribution >= 0.6 is 27.5 Å². The number of benzene rings is 1. The molecule has 2 aromatic rings. The number of halogens is 2. The second-order valence-electron chi connectivity index (χ2n) is 3.43. The number of hydrogen-bond acceptors (Lipinski definition) is 3. The lowest BCUT2D eigenvalue weighted by molar-refractivity contribution is 0.100. The lowest BCUT2D eigenvalue weighted by Crippen LogP contribution is -2.10. The van der Waals surface area contributed by atoms with Gasteiger partial charge in [-0.25, -0.2) is 4.98 Å². The van der Waals surface area contributed by atoms with Gasteiger partial charge in [0, 0.05) is 11.8 Å². The molecule has 92 valence electrons. The Kier molecular flexibility index (Phi) is 3.84. The summed E-state index contributed by atoms with van der Waals surface area (Å²) in [5.74, 6) is 0.467. The second kappa shape index (κ2) is 5.37. The Morgan fingerprint density at radius 1 is 1.33 bits per heavy atom. The molecule has 0 aliphatic rings. The molecule has 0 spiro atoms. The number of pyridine rings is 1. The molecule has 2 rings (SSSR count). The van der Waals surface area contributed by atoms with E-state index >= 15 is 0 Å². The number of carbonyl (C=O) groups is 1. The van der Waals surface area contributed by atoms with Crippen LogP contribution in [0.3, 0.4) is 0 Å². The van der Waals surface area contributed by atoms with Crippen molar-refractivity contribution in [3.05, 3.63) is 51.6 Å². The smallest absolute Gasteiger partial charge is 0.248 e. The first-order chi connectivity index (χ1) is 8.56. The second-order valence-corrected chi connectivity index (χ2v) is 4.72. The maximum absolute atomic E-state index is 10.9. The van der Waals surface area contributed by atoms with Gasteiger partial charge in [0.25, 0.3) is 0 Å². The summed E-state index contributed by atoms with van der Waals surface area (Å²) < 4.78 is 6.18. The van der Waals surface area contributed by atoms with Gasteiger partial charge in [0.1, 0.15) is 5.75 Å². The lowest BCUT2D eigenvalue weighted by atomic mass is 10.2. The highest BCUT2D eigenvalue weighted by Crippen LogP contribution is 2.29. The summed E-state index contributed by atoms with van der Waals surface area (Å²) in [6.45, 7) is 0. The van der Waals surface area contributed by atoms with Crippen molar-refractivity contribution in [1.29, 1.82) is 0 Å². The zero-order valence-corrected chi connectivity index (χ0v) is 11.4. The molecule has 2 N–H and O–H groups in total. The summed E-state index contributed by atoms with van der Waals surface area (Å²) in [7, 11) is 0. The van der Waals surface area contributed by atoms with Gasteiger partial charge in [-0.05, 0) is 46.3 Å². The van der Waals surface area contributed by atoms with E-state index in [9.17, 15) is 4.79 Å². The molecule has 1 aromatic heterocycles. The Morgan fingerprint density at radius 2 is 2.00 bits per heavy atom. The van der Waals surface area contributed by atoms with Gasteiger partial charge < -0.3 is 10.5 Å². The predicted molar refractivity (Wildman–Crippen MR) is 72.0 cm³/mol.